The highest BCUT2D eigenvalue weighted by Crippen LogP contribution is 2.14. The summed E-state index contributed by atoms with van der Waals surface area (Å²) >= 11 is 1.48. The minimum Gasteiger partial charge on any atom is -0.344 e. The normalized spacial score (nSPS) is 12.3. The summed E-state index contributed by atoms with van der Waals surface area (Å²) in [6.07, 6.45) is 8.02. The first-order chi connectivity index (χ1) is 11.3. The van der Waals surface area contributed by atoms with E-state index in [1.54, 1.807) is 23.3 Å². The molecule has 1 amide bonds. The fourth-order valence-corrected chi connectivity index (χ4v) is 2.65. The van der Waals surface area contributed by atoms with Crippen molar-refractivity contribution in [2.45, 2.75) is 12.6 Å². The quantitative estimate of drug-likeness (QED) is 0.706. The Balaban J connectivity index is 1.71. The van der Waals surface area contributed by atoms with E-state index in [1.807, 2.05) is 35.7 Å². The molecular weight excluding hydrogens is 310 g/mol. The third kappa shape index (κ3) is 4.33. The molecule has 1 atom stereocenters. The second-order valence-corrected chi connectivity index (χ2v) is 5.72. The lowest BCUT2D eigenvalue weighted by atomic mass is 10.1. The van der Waals surface area contributed by atoms with Crippen molar-refractivity contribution in [2.75, 3.05) is 0 Å². The van der Waals surface area contributed by atoms with Gasteiger partial charge in [0.15, 0.2) is 0 Å². The highest BCUT2D eigenvalue weighted by Gasteiger charge is 2.14. The number of amides is 1. The molecule has 1 N–H and O–H groups in total. The molecule has 0 bridgehead atoms. The predicted octanol–water partition coefficient (Wildman–Crippen LogP) is 2.31. The summed E-state index contributed by atoms with van der Waals surface area (Å²) < 4.78 is 1.70. The van der Waals surface area contributed by atoms with Crippen molar-refractivity contribution in [1.29, 1.82) is 0 Å². The largest absolute Gasteiger partial charge is 0.344 e. The number of thiazole rings is 1. The Hall–Kier alpha value is -2.80. The number of rotatable bonds is 6. The molecule has 3 rings (SSSR count). The van der Waals surface area contributed by atoms with Crippen LogP contribution in [0.15, 0.2) is 60.6 Å². The van der Waals surface area contributed by atoms with Crippen LogP contribution in [0.4, 0.5) is 0 Å². The fraction of sp³-hybridized carbons (Fsp3) is 0.125. The number of nitrogens with zero attached hydrogens (tertiary/aromatic N) is 4. The van der Waals surface area contributed by atoms with Gasteiger partial charge in [-0.05, 0) is 11.6 Å². The highest BCUT2D eigenvalue weighted by atomic mass is 32.1. The molecule has 0 fully saturated rings. The van der Waals surface area contributed by atoms with E-state index in [0.717, 1.165) is 10.6 Å². The maximum Gasteiger partial charge on any atom is 0.244 e. The van der Waals surface area contributed by atoms with Gasteiger partial charge in [0.2, 0.25) is 5.91 Å². The van der Waals surface area contributed by atoms with Gasteiger partial charge >= 0.3 is 0 Å². The summed E-state index contributed by atoms with van der Waals surface area (Å²) in [4.78, 5) is 20.2. The minimum atomic E-state index is -0.189. The standard InChI is InChI=1S/C16H15N5OS/c22-15(6-7-16-18-8-9-23-16)20-14(10-21-12-17-11-19-21)13-4-2-1-3-5-13/h1-9,11-12,14H,10H2,(H,20,22)/b7-6+/t14-/m1/s1. The van der Waals surface area contributed by atoms with Crippen molar-refractivity contribution in [3.8, 4) is 0 Å². The Morgan fingerprint density at radius 3 is 2.91 bits per heavy atom. The van der Waals surface area contributed by atoms with Crippen LogP contribution in [0.5, 0.6) is 0 Å². The molecule has 116 valence electrons. The molecule has 0 unspecified atom stereocenters. The third-order valence-electron chi connectivity index (χ3n) is 3.18. The second-order valence-electron chi connectivity index (χ2n) is 4.79. The molecule has 23 heavy (non-hydrogen) atoms. The summed E-state index contributed by atoms with van der Waals surface area (Å²) in [6, 6.07) is 9.60. The van der Waals surface area contributed by atoms with E-state index in [1.165, 1.54) is 23.7 Å². The van der Waals surface area contributed by atoms with Gasteiger partial charge in [-0.2, -0.15) is 5.10 Å². The number of nitrogens with one attached hydrogen (secondary N) is 1. The summed E-state index contributed by atoms with van der Waals surface area (Å²) in [7, 11) is 0. The Bertz CT molecular complexity index is 753. The molecule has 0 spiro atoms. The summed E-state index contributed by atoms with van der Waals surface area (Å²) in [5.74, 6) is -0.172. The molecule has 7 heteroatoms. The smallest absolute Gasteiger partial charge is 0.244 e. The number of carbonyl (C=O) groups is 1. The van der Waals surface area contributed by atoms with Crippen LogP contribution in [0.1, 0.15) is 16.6 Å². The molecule has 3 aromatic rings. The zero-order valence-electron chi connectivity index (χ0n) is 12.2. The lowest BCUT2D eigenvalue weighted by molar-refractivity contribution is -0.117. The Labute approximate surface area is 137 Å². The molecule has 0 saturated heterocycles. The van der Waals surface area contributed by atoms with Crippen LogP contribution in [-0.4, -0.2) is 25.7 Å². The first-order valence-corrected chi connectivity index (χ1v) is 7.94. The third-order valence-corrected chi connectivity index (χ3v) is 3.92. The lowest BCUT2D eigenvalue weighted by Crippen LogP contribution is -2.30. The average Bonchev–Trinajstić information content (AvgIpc) is 3.27. The van der Waals surface area contributed by atoms with Gasteiger partial charge in [-0.25, -0.2) is 9.97 Å². The Morgan fingerprint density at radius 2 is 2.22 bits per heavy atom. The van der Waals surface area contributed by atoms with Gasteiger partial charge in [0.05, 0.1) is 12.6 Å². The number of hydrogen-bond donors (Lipinski definition) is 1. The van der Waals surface area contributed by atoms with E-state index in [-0.39, 0.29) is 11.9 Å². The number of carbonyl (C=O) groups excluding carboxylic acids is 1. The summed E-state index contributed by atoms with van der Waals surface area (Å²) in [6.45, 7) is 0.515. The number of benzene rings is 1. The van der Waals surface area contributed by atoms with Gasteiger partial charge in [0.25, 0.3) is 0 Å². The van der Waals surface area contributed by atoms with E-state index in [2.05, 4.69) is 20.4 Å². The van der Waals surface area contributed by atoms with Gasteiger partial charge < -0.3 is 5.32 Å². The predicted molar refractivity (Wildman–Crippen MR) is 88.5 cm³/mol. The van der Waals surface area contributed by atoms with Crippen molar-refractivity contribution in [3.05, 3.63) is 71.2 Å². The second kappa shape index (κ2) is 7.46. The molecule has 6 nitrogen and oxygen atoms in total. The van der Waals surface area contributed by atoms with Gasteiger partial charge in [-0.1, -0.05) is 30.3 Å². The van der Waals surface area contributed by atoms with Crippen LogP contribution in [0.3, 0.4) is 0 Å². The van der Waals surface area contributed by atoms with Gasteiger partial charge in [-0.3, -0.25) is 9.48 Å². The van der Waals surface area contributed by atoms with Crippen LogP contribution < -0.4 is 5.32 Å². The van der Waals surface area contributed by atoms with Crippen LogP contribution >= 0.6 is 11.3 Å². The zero-order chi connectivity index (χ0) is 15.9. The maximum atomic E-state index is 12.2. The topological polar surface area (TPSA) is 72.7 Å². The SMILES string of the molecule is O=C(/C=C/c1nccs1)N[C@H](Cn1cncn1)c1ccccc1. The van der Waals surface area contributed by atoms with Crippen LogP contribution in [0.25, 0.3) is 6.08 Å². The van der Waals surface area contributed by atoms with Crippen molar-refractivity contribution in [1.82, 2.24) is 25.1 Å². The van der Waals surface area contributed by atoms with Crippen LogP contribution in [-0.2, 0) is 11.3 Å². The monoisotopic (exact) mass is 325 g/mol. The van der Waals surface area contributed by atoms with E-state index in [9.17, 15) is 4.79 Å². The first-order valence-electron chi connectivity index (χ1n) is 7.07. The lowest BCUT2D eigenvalue weighted by Gasteiger charge is -2.18. The molecule has 1 aromatic carbocycles. The van der Waals surface area contributed by atoms with Gasteiger partial charge in [-0.15, -0.1) is 11.3 Å². The Kier molecular flexibility index (Phi) is 4.90. The molecule has 0 aliphatic heterocycles. The minimum absolute atomic E-state index is 0.172. The molecular formula is C16H15N5OS. The fourth-order valence-electron chi connectivity index (χ4n) is 2.12. The van der Waals surface area contributed by atoms with Gasteiger partial charge in [0, 0.05) is 17.7 Å². The maximum absolute atomic E-state index is 12.2. The first kappa shape index (κ1) is 15.1. The molecule has 2 aromatic heterocycles. The van der Waals surface area contributed by atoms with E-state index < -0.39 is 0 Å². The molecule has 2 heterocycles. The van der Waals surface area contributed by atoms with Crippen molar-refractivity contribution in [2.24, 2.45) is 0 Å². The van der Waals surface area contributed by atoms with Crippen molar-refractivity contribution in [3.63, 3.8) is 0 Å². The number of aromatic nitrogens is 4. The van der Waals surface area contributed by atoms with E-state index in [4.69, 9.17) is 0 Å². The van der Waals surface area contributed by atoms with Crippen LogP contribution in [0.2, 0.25) is 0 Å². The zero-order valence-corrected chi connectivity index (χ0v) is 13.1. The van der Waals surface area contributed by atoms with Crippen LogP contribution in [0, 0.1) is 0 Å². The summed E-state index contributed by atoms with van der Waals surface area (Å²) in [5.41, 5.74) is 1.01. The molecule has 0 aliphatic carbocycles. The van der Waals surface area contributed by atoms with E-state index >= 15 is 0 Å². The van der Waals surface area contributed by atoms with Crippen molar-refractivity contribution >= 4 is 23.3 Å². The number of hydrogen-bond acceptors (Lipinski definition) is 5. The average molecular weight is 325 g/mol. The highest BCUT2D eigenvalue weighted by molar-refractivity contribution is 7.10. The molecule has 0 radical (unpaired) electrons. The Morgan fingerprint density at radius 1 is 1.35 bits per heavy atom. The molecule has 0 saturated carbocycles. The summed E-state index contributed by atoms with van der Waals surface area (Å²) in [5, 5.41) is 9.77. The van der Waals surface area contributed by atoms with E-state index in [0.29, 0.717) is 6.54 Å². The van der Waals surface area contributed by atoms with Gasteiger partial charge in [0.1, 0.15) is 17.7 Å². The van der Waals surface area contributed by atoms with Crippen molar-refractivity contribution < 1.29 is 4.79 Å². The molecule has 0 aliphatic rings.